The van der Waals surface area contributed by atoms with E-state index in [1.54, 1.807) is 11.8 Å². The molecule has 2 aliphatic heterocycles. The van der Waals surface area contributed by atoms with E-state index in [-0.39, 0.29) is 48.0 Å². The van der Waals surface area contributed by atoms with Crippen molar-refractivity contribution in [2.45, 2.75) is 38.8 Å². The van der Waals surface area contributed by atoms with Crippen LogP contribution < -0.4 is 0 Å². The minimum absolute atomic E-state index is 0.00791. The zero-order chi connectivity index (χ0) is 17.4. The van der Waals surface area contributed by atoms with E-state index in [0.717, 1.165) is 0 Å². The first-order chi connectivity index (χ1) is 11.5. The van der Waals surface area contributed by atoms with Gasteiger partial charge in [-0.15, -0.1) is 0 Å². The van der Waals surface area contributed by atoms with Gasteiger partial charge in [0.15, 0.2) is 5.69 Å². The maximum absolute atomic E-state index is 12.6. The third-order valence-corrected chi connectivity index (χ3v) is 4.92. The van der Waals surface area contributed by atoms with Crippen molar-refractivity contribution in [2.24, 2.45) is 5.92 Å². The van der Waals surface area contributed by atoms with Crippen LogP contribution in [-0.4, -0.2) is 75.3 Å². The van der Waals surface area contributed by atoms with E-state index in [1.165, 1.54) is 12.0 Å². The van der Waals surface area contributed by atoms with Crippen LogP contribution in [0, 0.1) is 12.8 Å². The number of nitrogens with zero attached hydrogens (tertiary/aromatic N) is 4. The Balaban J connectivity index is 1.81. The molecule has 24 heavy (non-hydrogen) atoms. The number of rotatable bonds is 3. The van der Waals surface area contributed by atoms with Gasteiger partial charge < -0.3 is 14.5 Å². The molecule has 0 bridgehead atoms. The quantitative estimate of drug-likeness (QED) is 0.762. The monoisotopic (exact) mass is 335 g/mol. The fourth-order valence-electron chi connectivity index (χ4n) is 3.82. The zero-order valence-electron chi connectivity index (χ0n) is 14.0. The minimum Gasteiger partial charge on any atom is -0.469 e. The van der Waals surface area contributed by atoms with Crippen LogP contribution in [-0.2, 0) is 14.3 Å². The van der Waals surface area contributed by atoms with Gasteiger partial charge in [-0.05, 0) is 19.8 Å². The summed E-state index contributed by atoms with van der Waals surface area (Å²) in [5, 5.41) is 10.1. The number of piperazine rings is 1. The van der Waals surface area contributed by atoms with E-state index < -0.39 is 0 Å². The molecule has 2 amide bonds. The summed E-state index contributed by atoms with van der Waals surface area (Å²) in [5.41, 5.74) is 0.728. The topological polar surface area (TPSA) is 108 Å². The third kappa shape index (κ3) is 2.53. The number of ether oxygens (including phenoxy) is 1. The summed E-state index contributed by atoms with van der Waals surface area (Å²) in [6, 6.07) is -0.336. The molecule has 1 N–H and O–H groups in total. The van der Waals surface area contributed by atoms with E-state index in [0.29, 0.717) is 25.1 Å². The first-order valence-electron chi connectivity index (χ1n) is 8.03. The number of esters is 1. The summed E-state index contributed by atoms with van der Waals surface area (Å²) in [6.45, 7) is 4.02. The summed E-state index contributed by atoms with van der Waals surface area (Å²) in [5.74, 6) is -1.09. The highest BCUT2D eigenvalue weighted by atomic mass is 16.5. The second-order valence-corrected chi connectivity index (χ2v) is 6.24. The number of H-pyrrole nitrogens is 1. The summed E-state index contributed by atoms with van der Waals surface area (Å²) < 4.78 is 4.88. The molecule has 1 aromatic rings. The van der Waals surface area contributed by atoms with Gasteiger partial charge in [-0.2, -0.15) is 15.4 Å². The van der Waals surface area contributed by atoms with Crippen molar-refractivity contribution in [2.75, 3.05) is 20.2 Å². The molecule has 2 saturated heterocycles. The third-order valence-electron chi connectivity index (χ3n) is 4.92. The lowest BCUT2D eigenvalue weighted by Crippen LogP contribution is -2.57. The maximum Gasteiger partial charge on any atom is 0.310 e. The van der Waals surface area contributed by atoms with Crippen LogP contribution in [0.5, 0.6) is 0 Å². The van der Waals surface area contributed by atoms with Gasteiger partial charge in [-0.25, -0.2) is 0 Å². The number of hydrogen-bond donors (Lipinski definition) is 1. The largest absolute Gasteiger partial charge is 0.469 e. The number of fused-ring (bicyclic) bond motifs is 1. The smallest absolute Gasteiger partial charge is 0.310 e. The molecular formula is C15H21N5O4. The minimum atomic E-state index is -0.335. The van der Waals surface area contributed by atoms with Crippen LogP contribution in [0.2, 0.25) is 0 Å². The van der Waals surface area contributed by atoms with Gasteiger partial charge in [0.25, 0.3) is 5.91 Å². The van der Waals surface area contributed by atoms with Gasteiger partial charge in [0, 0.05) is 12.6 Å². The lowest BCUT2D eigenvalue weighted by Gasteiger charge is -2.39. The number of hydrogen-bond acceptors (Lipinski definition) is 6. The molecule has 9 nitrogen and oxygen atoms in total. The fourth-order valence-corrected chi connectivity index (χ4v) is 3.82. The highest BCUT2D eigenvalue weighted by molar-refractivity contribution is 5.96. The molecule has 0 aliphatic carbocycles. The van der Waals surface area contributed by atoms with Crippen molar-refractivity contribution in [1.82, 2.24) is 25.2 Å². The Morgan fingerprint density at radius 1 is 1.38 bits per heavy atom. The highest BCUT2D eigenvalue weighted by Crippen LogP contribution is 2.35. The van der Waals surface area contributed by atoms with E-state index in [4.69, 9.17) is 4.74 Å². The Hall–Kier alpha value is -2.45. The van der Waals surface area contributed by atoms with Crippen LogP contribution >= 0.6 is 0 Å². The average Bonchev–Trinajstić information content (AvgIpc) is 3.16. The summed E-state index contributed by atoms with van der Waals surface area (Å²) in [6.07, 6.45) is 1.19. The average molecular weight is 335 g/mol. The van der Waals surface area contributed by atoms with E-state index in [2.05, 4.69) is 15.4 Å². The Kier molecular flexibility index (Phi) is 4.25. The molecule has 0 unspecified atom stereocenters. The van der Waals surface area contributed by atoms with Crippen molar-refractivity contribution in [3.05, 3.63) is 11.4 Å². The molecule has 0 aromatic carbocycles. The van der Waals surface area contributed by atoms with Crippen molar-refractivity contribution in [3.8, 4) is 0 Å². The van der Waals surface area contributed by atoms with Crippen LogP contribution in [0.3, 0.4) is 0 Å². The molecule has 3 rings (SSSR count). The Morgan fingerprint density at radius 2 is 2.12 bits per heavy atom. The van der Waals surface area contributed by atoms with Gasteiger partial charge in [0.1, 0.15) is 6.54 Å². The van der Waals surface area contributed by atoms with Crippen molar-refractivity contribution in [3.63, 3.8) is 0 Å². The normalized spacial score (nSPS) is 26.5. The second-order valence-electron chi connectivity index (χ2n) is 6.24. The summed E-state index contributed by atoms with van der Waals surface area (Å²) in [4.78, 5) is 40.5. The number of carbonyl (C=O) groups excluding carboxylic acids is 3. The number of nitrogens with one attached hydrogen (secondary N) is 1. The maximum atomic E-state index is 12.6. The molecule has 2 aliphatic rings. The fraction of sp³-hybridized carbons (Fsp3) is 0.667. The molecule has 130 valence electrons. The lowest BCUT2D eigenvalue weighted by molar-refractivity contribution is -0.147. The number of carbonyl (C=O) groups is 3. The molecule has 0 radical (unpaired) electrons. The van der Waals surface area contributed by atoms with Crippen molar-refractivity contribution in [1.29, 1.82) is 0 Å². The van der Waals surface area contributed by atoms with Crippen LogP contribution in [0.15, 0.2) is 0 Å². The molecule has 9 heteroatoms. The Morgan fingerprint density at radius 3 is 2.71 bits per heavy atom. The SMILES string of the molecule is CC[C@H]1[C@@H](C(=O)OC)C[C@H]2CN(C(=O)c3n[nH]nc3C)CC(=O)N21. The molecule has 3 heterocycles. The zero-order valence-corrected chi connectivity index (χ0v) is 14.0. The van der Waals surface area contributed by atoms with E-state index >= 15 is 0 Å². The van der Waals surface area contributed by atoms with Gasteiger partial charge in [-0.3, -0.25) is 14.4 Å². The number of aromatic nitrogens is 3. The standard InChI is InChI=1S/C15H21N5O4/c1-4-11-10(15(23)24-3)5-9-6-19(7-12(21)20(9)11)14(22)13-8(2)16-18-17-13/h9-11H,4-7H2,1-3H3,(H,16,17,18)/t9-,10-,11-/m0/s1. The van der Waals surface area contributed by atoms with Gasteiger partial charge >= 0.3 is 5.97 Å². The van der Waals surface area contributed by atoms with Crippen LogP contribution in [0.25, 0.3) is 0 Å². The predicted molar refractivity (Wildman–Crippen MR) is 81.9 cm³/mol. The van der Waals surface area contributed by atoms with Crippen LogP contribution in [0.4, 0.5) is 0 Å². The number of aromatic amines is 1. The van der Waals surface area contributed by atoms with Gasteiger partial charge in [0.05, 0.1) is 24.8 Å². The predicted octanol–water partition coefficient (Wildman–Crippen LogP) is -0.262. The van der Waals surface area contributed by atoms with E-state index in [1.807, 2.05) is 6.92 Å². The highest BCUT2D eigenvalue weighted by Gasteiger charge is 2.50. The lowest BCUT2D eigenvalue weighted by atomic mass is 9.97. The number of methoxy groups -OCH3 is 1. The van der Waals surface area contributed by atoms with Crippen molar-refractivity contribution < 1.29 is 19.1 Å². The second kappa shape index (κ2) is 6.21. The molecule has 3 atom stereocenters. The molecule has 1 aromatic heterocycles. The Labute approximate surface area is 139 Å². The molecule has 0 spiro atoms. The summed E-state index contributed by atoms with van der Waals surface area (Å²) in [7, 11) is 1.36. The Bertz CT molecular complexity index is 673. The number of amides is 2. The van der Waals surface area contributed by atoms with Gasteiger partial charge in [-0.1, -0.05) is 6.92 Å². The van der Waals surface area contributed by atoms with Gasteiger partial charge in [0.2, 0.25) is 5.91 Å². The number of aryl methyl sites for hydroxylation is 1. The summed E-state index contributed by atoms with van der Waals surface area (Å²) >= 11 is 0. The van der Waals surface area contributed by atoms with E-state index in [9.17, 15) is 14.4 Å². The first-order valence-corrected chi connectivity index (χ1v) is 8.03. The van der Waals surface area contributed by atoms with Crippen LogP contribution in [0.1, 0.15) is 35.9 Å². The molecule has 0 saturated carbocycles. The molecule has 2 fully saturated rings. The van der Waals surface area contributed by atoms with Crippen molar-refractivity contribution >= 4 is 17.8 Å². The first kappa shape index (κ1) is 16.4. The molecular weight excluding hydrogens is 314 g/mol.